The Kier molecular flexibility index (Phi) is 4.53. The van der Waals surface area contributed by atoms with Crippen LogP contribution in [0.15, 0.2) is 36.4 Å². The third kappa shape index (κ3) is 3.84. The highest BCUT2D eigenvalue weighted by Crippen LogP contribution is 2.33. The van der Waals surface area contributed by atoms with Crippen molar-refractivity contribution in [2.45, 2.75) is 6.18 Å². The number of benzene rings is 2. The number of aromatic hydroxyl groups is 1. The van der Waals surface area contributed by atoms with E-state index in [1.54, 1.807) is 0 Å². The predicted octanol–water partition coefficient (Wildman–Crippen LogP) is 4.97. The van der Waals surface area contributed by atoms with Crippen molar-refractivity contribution in [1.82, 2.24) is 0 Å². The maximum atomic E-state index is 12.7. The van der Waals surface area contributed by atoms with Crippen LogP contribution in [0, 0.1) is 0 Å². The third-order valence-electron chi connectivity index (χ3n) is 2.69. The Bertz CT molecular complexity index is 733. The minimum atomic E-state index is -4.59. The van der Waals surface area contributed by atoms with Gasteiger partial charge < -0.3 is 10.4 Å². The lowest BCUT2D eigenvalue weighted by Crippen LogP contribution is -2.13. The number of carbonyl (C=O) groups excluding carboxylic acids is 1. The number of anilines is 1. The second kappa shape index (κ2) is 6.06. The number of carbonyl (C=O) groups is 1. The van der Waals surface area contributed by atoms with Gasteiger partial charge in [-0.15, -0.1) is 0 Å². The van der Waals surface area contributed by atoms with Gasteiger partial charge in [-0.05, 0) is 36.4 Å². The Balaban J connectivity index is 2.32. The molecule has 2 aromatic carbocycles. The van der Waals surface area contributed by atoms with Gasteiger partial charge >= 0.3 is 6.18 Å². The van der Waals surface area contributed by atoms with Gasteiger partial charge in [-0.25, -0.2) is 0 Å². The van der Waals surface area contributed by atoms with Gasteiger partial charge in [-0.2, -0.15) is 13.2 Å². The monoisotopic (exact) mass is 349 g/mol. The van der Waals surface area contributed by atoms with Crippen molar-refractivity contribution in [2.75, 3.05) is 5.32 Å². The molecule has 3 nitrogen and oxygen atoms in total. The van der Waals surface area contributed by atoms with Crippen molar-refractivity contribution in [3.05, 3.63) is 57.6 Å². The molecule has 8 heteroatoms. The standard InChI is InChI=1S/C14H8Cl2F3NO2/c15-8-1-2-12(21)11(6-8)13(22)20-10-4-7(14(17,18)19)3-9(16)5-10/h1-6,21H,(H,20,22). The fourth-order valence-corrected chi connectivity index (χ4v) is 2.12. The van der Waals surface area contributed by atoms with Gasteiger partial charge in [0.25, 0.3) is 5.91 Å². The van der Waals surface area contributed by atoms with E-state index >= 15 is 0 Å². The molecule has 0 spiro atoms. The summed E-state index contributed by atoms with van der Waals surface area (Å²) in [5.41, 5.74) is -1.31. The molecule has 0 bridgehead atoms. The van der Waals surface area contributed by atoms with Crippen LogP contribution in [0.25, 0.3) is 0 Å². The highest BCUT2D eigenvalue weighted by molar-refractivity contribution is 6.31. The van der Waals surface area contributed by atoms with Gasteiger partial charge in [0.1, 0.15) is 5.75 Å². The van der Waals surface area contributed by atoms with E-state index in [0.717, 1.165) is 18.2 Å². The average molecular weight is 350 g/mol. The van der Waals surface area contributed by atoms with E-state index in [1.807, 2.05) is 0 Å². The normalized spacial score (nSPS) is 11.3. The second-order valence-electron chi connectivity index (χ2n) is 4.34. The SMILES string of the molecule is O=C(Nc1cc(Cl)cc(C(F)(F)F)c1)c1cc(Cl)ccc1O. The summed E-state index contributed by atoms with van der Waals surface area (Å²) in [6.07, 6.45) is -4.59. The number of alkyl halides is 3. The molecule has 0 fully saturated rings. The first kappa shape index (κ1) is 16.5. The van der Waals surface area contributed by atoms with Crippen molar-refractivity contribution in [1.29, 1.82) is 0 Å². The van der Waals surface area contributed by atoms with Crippen LogP contribution in [0.5, 0.6) is 5.75 Å². The number of phenolic OH excluding ortho intramolecular Hbond substituents is 1. The van der Waals surface area contributed by atoms with Crippen molar-refractivity contribution >= 4 is 34.8 Å². The van der Waals surface area contributed by atoms with Gasteiger partial charge in [0.15, 0.2) is 0 Å². The number of phenols is 1. The Morgan fingerprint density at radius 2 is 1.73 bits per heavy atom. The molecule has 22 heavy (non-hydrogen) atoms. The Hall–Kier alpha value is -1.92. The van der Waals surface area contributed by atoms with Gasteiger partial charge in [0, 0.05) is 15.7 Å². The summed E-state index contributed by atoms with van der Waals surface area (Å²) in [6, 6.07) is 6.42. The van der Waals surface area contributed by atoms with Crippen LogP contribution >= 0.6 is 23.2 Å². The van der Waals surface area contributed by atoms with Crippen LogP contribution in [0.3, 0.4) is 0 Å². The van der Waals surface area contributed by atoms with Crippen molar-refractivity contribution in [3.63, 3.8) is 0 Å². The second-order valence-corrected chi connectivity index (χ2v) is 5.21. The van der Waals surface area contributed by atoms with Gasteiger partial charge in [0.2, 0.25) is 0 Å². The molecule has 0 aliphatic rings. The molecule has 0 atom stereocenters. The van der Waals surface area contributed by atoms with E-state index in [4.69, 9.17) is 23.2 Å². The minimum absolute atomic E-state index is 0.149. The lowest BCUT2D eigenvalue weighted by Gasteiger charge is -2.11. The zero-order valence-corrected chi connectivity index (χ0v) is 12.2. The van der Waals surface area contributed by atoms with Crippen LogP contribution in [-0.2, 0) is 6.18 Å². The molecule has 0 aliphatic heterocycles. The van der Waals surface area contributed by atoms with E-state index in [2.05, 4.69) is 5.32 Å². The van der Waals surface area contributed by atoms with E-state index in [9.17, 15) is 23.1 Å². The first-order chi connectivity index (χ1) is 10.2. The molecule has 2 rings (SSSR count). The van der Waals surface area contributed by atoms with Crippen LogP contribution in [0.1, 0.15) is 15.9 Å². The summed E-state index contributed by atoms with van der Waals surface area (Å²) in [4.78, 5) is 12.0. The van der Waals surface area contributed by atoms with Crippen LogP contribution < -0.4 is 5.32 Å². The number of hydrogen-bond acceptors (Lipinski definition) is 2. The molecule has 0 radical (unpaired) electrons. The first-order valence-corrected chi connectivity index (χ1v) is 6.60. The lowest BCUT2D eigenvalue weighted by atomic mass is 10.1. The zero-order valence-electron chi connectivity index (χ0n) is 10.7. The molecule has 0 saturated carbocycles. The molecule has 1 amide bonds. The van der Waals surface area contributed by atoms with Crippen molar-refractivity contribution in [2.24, 2.45) is 0 Å². The quantitative estimate of drug-likeness (QED) is 0.803. The van der Waals surface area contributed by atoms with Gasteiger partial charge in [-0.3, -0.25) is 4.79 Å². The maximum absolute atomic E-state index is 12.7. The molecule has 2 N–H and O–H groups in total. The van der Waals surface area contributed by atoms with Crippen LogP contribution in [-0.4, -0.2) is 11.0 Å². The third-order valence-corrected chi connectivity index (χ3v) is 3.14. The van der Waals surface area contributed by atoms with Crippen molar-refractivity contribution in [3.8, 4) is 5.75 Å². The number of hydrogen-bond donors (Lipinski definition) is 2. The average Bonchev–Trinajstić information content (AvgIpc) is 2.39. The molecule has 0 heterocycles. The van der Waals surface area contributed by atoms with Crippen molar-refractivity contribution < 1.29 is 23.1 Å². The molecule has 0 unspecified atom stereocenters. The Morgan fingerprint density at radius 3 is 2.36 bits per heavy atom. The number of halogens is 5. The molecular formula is C14H8Cl2F3NO2. The van der Waals surface area contributed by atoms with E-state index in [0.29, 0.717) is 0 Å². The first-order valence-electron chi connectivity index (χ1n) is 5.84. The lowest BCUT2D eigenvalue weighted by molar-refractivity contribution is -0.137. The van der Waals surface area contributed by atoms with E-state index < -0.39 is 17.6 Å². The fraction of sp³-hybridized carbons (Fsp3) is 0.0714. The summed E-state index contributed by atoms with van der Waals surface area (Å²) >= 11 is 11.3. The molecule has 0 saturated heterocycles. The highest BCUT2D eigenvalue weighted by atomic mass is 35.5. The molecule has 0 aliphatic carbocycles. The largest absolute Gasteiger partial charge is 0.507 e. The number of rotatable bonds is 2. The summed E-state index contributed by atoms with van der Waals surface area (Å²) in [7, 11) is 0. The fourth-order valence-electron chi connectivity index (χ4n) is 1.71. The summed E-state index contributed by atoms with van der Waals surface area (Å²) in [5.74, 6) is -1.16. The number of amides is 1. The molecule has 0 aromatic heterocycles. The van der Waals surface area contributed by atoms with E-state index in [1.165, 1.54) is 18.2 Å². The molecule has 116 valence electrons. The maximum Gasteiger partial charge on any atom is 0.416 e. The van der Waals surface area contributed by atoms with Gasteiger partial charge in [0.05, 0.1) is 11.1 Å². The smallest absolute Gasteiger partial charge is 0.416 e. The summed E-state index contributed by atoms with van der Waals surface area (Å²) in [5, 5.41) is 11.9. The number of nitrogens with one attached hydrogen (secondary N) is 1. The minimum Gasteiger partial charge on any atom is -0.507 e. The zero-order chi connectivity index (χ0) is 16.5. The van der Waals surface area contributed by atoms with Crippen LogP contribution in [0.2, 0.25) is 10.0 Å². The Morgan fingerprint density at radius 1 is 1.05 bits per heavy atom. The topological polar surface area (TPSA) is 49.3 Å². The van der Waals surface area contributed by atoms with Crippen LogP contribution in [0.4, 0.5) is 18.9 Å². The van der Waals surface area contributed by atoms with E-state index in [-0.39, 0.29) is 27.0 Å². The summed E-state index contributed by atoms with van der Waals surface area (Å²) < 4.78 is 38.1. The Labute approximate surface area is 133 Å². The molecular weight excluding hydrogens is 342 g/mol. The molecule has 2 aromatic rings. The summed E-state index contributed by atoms with van der Waals surface area (Å²) in [6.45, 7) is 0. The predicted molar refractivity (Wildman–Crippen MR) is 77.5 cm³/mol. The van der Waals surface area contributed by atoms with Gasteiger partial charge in [-0.1, -0.05) is 23.2 Å². The highest BCUT2D eigenvalue weighted by Gasteiger charge is 2.31.